The molecule has 10 nitrogen and oxygen atoms in total. The SMILES string of the molecule is C#Cc1ccccc1C(C(=O)NCC(=O)OC)N(CCCCCC)C(=O)C(CO)NC(=O)OC(C)(C)C. The van der Waals surface area contributed by atoms with Crippen molar-refractivity contribution >= 4 is 23.9 Å². The van der Waals surface area contributed by atoms with Crippen LogP contribution in [0.15, 0.2) is 24.3 Å². The number of carbonyl (C=O) groups excluding carboxylic acids is 4. The number of benzene rings is 1. The highest BCUT2D eigenvalue weighted by Crippen LogP contribution is 2.26. The second-order valence-corrected chi connectivity index (χ2v) is 9.40. The van der Waals surface area contributed by atoms with E-state index in [0.717, 1.165) is 19.3 Å². The Morgan fingerprint density at radius 3 is 2.38 bits per heavy atom. The maximum absolute atomic E-state index is 13.7. The molecule has 204 valence electrons. The highest BCUT2D eigenvalue weighted by molar-refractivity contribution is 5.93. The van der Waals surface area contributed by atoms with E-state index in [1.165, 1.54) is 12.0 Å². The number of terminal acetylenes is 1. The van der Waals surface area contributed by atoms with Crippen LogP contribution in [-0.2, 0) is 23.9 Å². The molecule has 0 saturated carbocycles. The summed E-state index contributed by atoms with van der Waals surface area (Å²) >= 11 is 0. The van der Waals surface area contributed by atoms with Crippen LogP contribution in [0.5, 0.6) is 0 Å². The lowest BCUT2D eigenvalue weighted by atomic mass is 9.97. The summed E-state index contributed by atoms with van der Waals surface area (Å²) in [5, 5.41) is 14.9. The average molecular weight is 518 g/mol. The molecule has 1 aromatic carbocycles. The van der Waals surface area contributed by atoms with Gasteiger partial charge in [-0.05, 0) is 38.8 Å². The molecule has 0 aliphatic carbocycles. The quantitative estimate of drug-likeness (QED) is 0.208. The molecular formula is C27H39N3O7. The van der Waals surface area contributed by atoms with Crippen molar-refractivity contribution in [2.24, 2.45) is 0 Å². The molecule has 10 heteroatoms. The van der Waals surface area contributed by atoms with Crippen molar-refractivity contribution < 1.29 is 33.8 Å². The van der Waals surface area contributed by atoms with Gasteiger partial charge in [-0.15, -0.1) is 6.42 Å². The number of aliphatic hydroxyl groups excluding tert-OH is 1. The minimum Gasteiger partial charge on any atom is -0.468 e. The number of unbranched alkanes of at least 4 members (excludes halogenated alkanes) is 3. The van der Waals surface area contributed by atoms with Crippen LogP contribution < -0.4 is 10.6 Å². The van der Waals surface area contributed by atoms with Gasteiger partial charge in [-0.2, -0.15) is 0 Å². The van der Waals surface area contributed by atoms with Gasteiger partial charge in [0, 0.05) is 12.1 Å². The summed E-state index contributed by atoms with van der Waals surface area (Å²) in [5.41, 5.74) is -0.0763. The van der Waals surface area contributed by atoms with Crippen molar-refractivity contribution in [3.8, 4) is 12.3 Å². The lowest BCUT2D eigenvalue weighted by Gasteiger charge is -2.34. The number of aliphatic hydroxyl groups is 1. The van der Waals surface area contributed by atoms with Gasteiger partial charge in [0.25, 0.3) is 0 Å². The number of rotatable bonds is 13. The van der Waals surface area contributed by atoms with Gasteiger partial charge in [-0.25, -0.2) is 4.79 Å². The van der Waals surface area contributed by atoms with Crippen LogP contribution in [0.4, 0.5) is 4.79 Å². The molecule has 0 bridgehead atoms. The molecule has 3 N–H and O–H groups in total. The first-order chi connectivity index (χ1) is 17.5. The minimum absolute atomic E-state index is 0.139. The van der Waals surface area contributed by atoms with Crippen molar-refractivity contribution in [1.82, 2.24) is 15.5 Å². The van der Waals surface area contributed by atoms with Gasteiger partial charge in [0.05, 0.1) is 13.7 Å². The summed E-state index contributed by atoms with van der Waals surface area (Å²) in [5.74, 6) is 0.501. The zero-order valence-electron chi connectivity index (χ0n) is 22.3. The van der Waals surface area contributed by atoms with Crippen molar-refractivity contribution in [3.63, 3.8) is 0 Å². The number of esters is 1. The maximum atomic E-state index is 13.7. The van der Waals surface area contributed by atoms with Crippen LogP contribution in [0.1, 0.15) is 70.5 Å². The summed E-state index contributed by atoms with van der Waals surface area (Å²) < 4.78 is 9.84. The molecule has 0 fully saturated rings. The van der Waals surface area contributed by atoms with Gasteiger partial charge in [0.2, 0.25) is 11.8 Å². The first kappa shape index (κ1) is 31.4. The Kier molecular flexibility index (Phi) is 13.2. The molecule has 2 unspecified atom stereocenters. The fourth-order valence-corrected chi connectivity index (χ4v) is 3.56. The number of carbonyl (C=O) groups is 4. The van der Waals surface area contributed by atoms with Gasteiger partial charge in [0.1, 0.15) is 24.2 Å². The van der Waals surface area contributed by atoms with E-state index in [1.807, 2.05) is 6.92 Å². The highest BCUT2D eigenvalue weighted by atomic mass is 16.6. The Morgan fingerprint density at radius 1 is 1.14 bits per heavy atom. The average Bonchev–Trinajstić information content (AvgIpc) is 2.86. The van der Waals surface area contributed by atoms with E-state index in [9.17, 15) is 24.3 Å². The lowest BCUT2D eigenvalue weighted by molar-refractivity contribution is -0.145. The highest BCUT2D eigenvalue weighted by Gasteiger charge is 2.37. The summed E-state index contributed by atoms with van der Waals surface area (Å²) in [6, 6.07) is 4.03. The van der Waals surface area contributed by atoms with E-state index in [2.05, 4.69) is 21.3 Å². The van der Waals surface area contributed by atoms with Gasteiger partial charge in [-0.3, -0.25) is 14.4 Å². The number of hydrogen-bond donors (Lipinski definition) is 3. The third-order valence-electron chi connectivity index (χ3n) is 5.31. The molecule has 0 spiro atoms. The number of hydrogen-bond acceptors (Lipinski definition) is 7. The number of amides is 3. The third kappa shape index (κ3) is 10.5. The standard InChI is InChI=1S/C27H39N3O7/c1-7-9-10-13-16-30(25(34)21(18-31)29-26(35)37-27(3,4)5)23(24(33)28-17-22(32)36-6)20-15-12-11-14-19(20)8-2/h2,11-12,14-15,21,23,31H,7,9-10,13,16-18H2,1,3-6H3,(H,28,33)(H,29,35). The molecule has 0 aliphatic heterocycles. The lowest BCUT2D eigenvalue weighted by Crippen LogP contribution is -2.55. The molecule has 0 aliphatic rings. The molecule has 0 saturated heterocycles. The molecule has 1 rings (SSSR count). The van der Waals surface area contributed by atoms with E-state index >= 15 is 0 Å². The van der Waals surface area contributed by atoms with Crippen molar-refractivity contribution in [1.29, 1.82) is 0 Å². The zero-order valence-corrected chi connectivity index (χ0v) is 22.3. The number of nitrogens with one attached hydrogen (secondary N) is 2. The number of ether oxygens (including phenoxy) is 2. The molecule has 37 heavy (non-hydrogen) atoms. The predicted molar refractivity (Wildman–Crippen MR) is 138 cm³/mol. The largest absolute Gasteiger partial charge is 0.468 e. The van der Waals surface area contributed by atoms with E-state index < -0.39 is 54.7 Å². The summed E-state index contributed by atoms with van der Waals surface area (Å²) in [6.07, 6.45) is 8.02. The molecule has 1 aromatic rings. The Morgan fingerprint density at radius 2 is 1.81 bits per heavy atom. The topological polar surface area (TPSA) is 134 Å². The monoisotopic (exact) mass is 517 g/mol. The minimum atomic E-state index is -1.38. The Balaban J connectivity index is 3.47. The first-order valence-electron chi connectivity index (χ1n) is 12.3. The fraction of sp³-hybridized carbons (Fsp3) is 0.556. The normalized spacial score (nSPS) is 12.5. The van der Waals surface area contributed by atoms with Gasteiger partial charge in [0.15, 0.2) is 0 Å². The summed E-state index contributed by atoms with van der Waals surface area (Å²) in [7, 11) is 1.19. The van der Waals surface area contributed by atoms with Crippen molar-refractivity contribution in [3.05, 3.63) is 35.4 Å². The van der Waals surface area contributed by atoms with Crippen molar-refractivity contribution in [2.45, 2.75) is 71.1 Å². The first-order valence-corrected chi connectivity index (χ1v) is 12.3. The van der Waals surface area contributed by atoms with E-state index in [-0.39, 0.29) is 6.54 Å². The van der Waals surface area contributed by atoms with Gasteiger partial charge in [-0.1, -0.05) is 50.3 Å². The second-order valence-electron chi connectivity index (χ2n) is 9.40. The van der Waals surface area contributed by atoms with Crippen molar-refractivity contribution in [2.75, 3.05) is 26.8 Å². The molecule has 2 atom stereocenters. The molecular weight excluding hydrogens is 478 g/mol. The Hall–Kier alpha value is -3.58. The third-order valence-corrected chi connectivity index (χ3v) is 5.31. The number of nitrogens with zero attached hydrogens (tertiary/aromatic N) is 1. The molecule has 0 heterocycles. The van der Waals surface area contributed by atoms with E-state index in [1.54, 1.807) is 45.0 Å². The molecule has 0 radical (unpaired) electrons. The van der Waals surface area contributed by atoms with E-state index in [4.69, 9.17) is 11.2 Å². The predicted octanol–water partition coefficient (Wildman–Crippen LogP) is 2.29. The smallest absolute Gasteiger partial charge is 0.408 e. The summed E-state index contributed by atoms with van der Waals surface area (Å²) in [6.45, 7) is 6.04. The zero-order chi connectivity index (χ0) is 28.0. The van der Waals surface area contributed by atoms with Crippen LogP contribution in [0, 0.1) is 12.3 Å². The fourth-order valence-electron chi connectivity index (χ4n) is 3.56. The van der Waals surface area contributed by atoms with Crippen LogP contribution >= 0.6 is 0 Å². The summed E-state index contributed by atoms with van der Waals surface area (Å²) in [4.78, 5) is 52.5. The number of alkyl carbamates (subject to hydrolysis) is 1. The molecule has 0 aromatic heterocycles. The van der Waals surface area contributed by atoms with Gasteiger partial charge < -0.3 is 30.1 Å². The van der Waals surface area contributed by atoms with Crippen LogP contribution in [0.2, 0.25) is 0 Å². The number of methoxy groups -OCH3 is 1. The van der Waals surface area contributed by atoms with Gasteiger partial charge >= 0.3 is 12.1 Å². The van der Waals surface area contributed by atoms with Crippen LogP contribution in [-0.4, -0.2) is 72.3 Å². The van der Waals surface area contributed by atoms with Crippen LogP contribution in [0.3, 0.4) is 0 Å². The Labute approximate surface area is 219 Å². The van der Waals surface area contributed by atoms with Crippen LogP contribution in [0.25, 0.3) is 0 Å². The second kappa shape index (κ2) is 15.5. The maximum Gasteiger partial charge on any atom is 0.408 e. The molecule has 3 amide bonds. The van der Waals surface area contributed by atoms with E-state index in [0.29, 0.717) is 17.5 Å². The Bertz CT molecular complexity index is 965.